The van der Waals surface area contributed by atoms with Crippen LogP contribution in [0.2, 0.25) is 5.02 Å². The van der Waals surface area contributed by atoms with E-state index in [1.807, 2.05) is 0 Å². The van der Waals surface area contributed by atoms with Crippen molar-refractivity contribution in [2.45, 2.75) is 13.1 Å². The lowest BCUT2D eigenvalue weighted by molar-refractivity contribution is -0.149. The van der Waals surface area contributed by atoms with E-state index in [4.69, 9.17) is 21.1 Å². The second-order valence-electron chi connectivity index (χ2n) is 6.48. The smallest absolute Gasteiger partial charge is 0.416 e. The summed E-state index contributed by atoms with van der Waals surface area (Å²) in [5, 5.41) is 6.65. The van der Waals surface area contributed by atoms with Gasteiger partial charge < -0.3 is 14.8 Å². The first-order valence-electron chi connectivity index (χ1n) is 9.04. The molecule has 168 valence electrons. The van der Waals surface area contributed by atoms with Gasteiger partial charge in [0.05, 0.1) is 16.9 Å². The molecular formula is C20H16ClF3N4O4. The molecule has 32 heavy (non-hydrogen) atoms. The average Bonchev–Trinajstić information content (AvgIpc) is 3.25. The molecule has 0 unspecified atom stereocenters. The molecule has 3 rings (SSSR count). The summed E-state index contributed by atoms with van der Waals surface area (Å²) in [5.74, 6) is -1.27. The summed E-state index contributed by atoms with van der Waals surface area (Å²) < 4.78 is 50.5. The number of aromatic nitrogens is 3. The Labute approximate surface area is 184 Å². The van der Waals surface area contributed by atoms with Gasteiger partial charge in [0.1, 0.15) is 18.4 Å². The van der Waals surface area contributed by atoms with Crippen molar-refractivity contribution >= 4 is 29.2 Å². The maximum atomic E-state index is 13.1. The van der Waals surface area contributed by atoms with Gasteiger partial charge in [-0.3, -0.25) is 4.79 Å². The number of aryl methyl sites for hydroxylation is 1. The zero-order valence-electron chi connectivity index (χ0n) is 16.5. The zero-order valence-corrected chi connectivity index (χ0v) is 17.3. The van der Waals surface area contributed by atoms with Gasteiger partial charge in [0.15, 0.2) is 13.2 Å². The Bertz CT molecular complexity index is 1120. The highest BCUT2D eigenvalue weighted by atomic mass is 35.5. The van der Waals surface area contributed by atoms with Crippen molar-refractivity contribution in [3.05, 3.63) is 65.2 Å². The topological polar surface area (TPSA) is 95.3 Å². The number of nitrogens with zero attached hydrogens (tertiary/aromatic N) is 3. The maximum absolute atomic E-state index is 13.1. The SMILES string of the molecule is Cc1cc(Cl)ccc1OCC(=O)OCC(=O)Nc1cc(C(F)(F)F)ccc1-n1cncn1. The third kappa shape index (κ3) is 5.97. The Morgan fingerprint density at radius 1 is 1.16 bits per heavy atom. The van der Waals surface area contributed by atoms with Gasteiger partial charge in [0.2, 0.25) is 0 Å². The molecule has 0 saturated carbocycles. The molecule has 1 aromatic heterocycles. The van der Waals surface area contributed by atoms with Crippen molar-refractivity contribution in [2.75, 3.05) is 18.5 Å². The number of carbonyl (C=O) groups is 2. The summed E-state index contributed by atoms with van der Waals surface area (Å²) in [5.41, 5.74) is -0.301. The highest BCUT2D eigenvalue weighted by Crippen LogP contribution is 2.33. The van der Waals surface area contributed by atoms with E-state index in [9.17, 15) is 22.8 Å². The molecule has 12 heteroatoms. The number of alkyl halides is 3. The number of hydrogen-bond donors (Lipinski definition) is 1. The van der Waals surface area contributed by atoms with Crippen molar-refractivity contribution in [3.8, 4) is 11.4 Å². The molecule has 0 saturated heterocycles. The Kier molecular flexibility index (Phi) is 6.98. The molecular weight excluding hydrogens is 453 g/mol. The number of esters is 1. The fraction of sp³-hybridized carbons (Fsp3) is 0.200. The normalized spacial score (nSPS) is 11.2. The molecule has 0 radical (unpaired) electrons. The third-order valence-electron chi connectivity index (χ3n) is 4.11. The second kappa shape index (κ2) is 9.69. The van der Waals surface area contributed by atoms with Gasteiger partial charge in [0.25, 0.3) is 5.91 Å². The van der Waals surface area contributed by atoms with E-state index in [1.54, 1.807) is 25.1 Å². The molecule has 0 aliphatic heterocycles. The summed E-state index contributed by atoms with van der Waals surface area (Å²) in [6.45, 7) is 0.542. The van der Waals surface area contributed by atoms with E-state index >= 15 is 0 Å². The van der Waals surface area contributed by atoms with Gasteiger partial charge >= 0.3 is 12.1 Å². The fourth-order valence-electron chi connectivity index (χ4n) is 2.63. The number of amides is 1. The van der Waals surface area contributed by atoms with Crippen LogP contribution >= 0.6 is 11.6 Å². The van der Waals surface area contributed by atoms with Crippen LogP contribution in [0, 0.1) is 6.92 Å². The minimum Gasteiger partial charge on any atom is -0.482 e. The van der Waals surface area contributed by atoms with Gasteiger partial charge in [-0.15, -0.1) is 0 Å². The van der Waals surface area contributed by atoms with Crippen LogP contribution in [0.3, 0.4) is 0 Å². The van der Waals surface area contributed by atoms with Crippen molar-refractivity contribution in [2.24, 2.45) is 0 Å². The maximum Gasteiger partial charge on any atom is 0.416 e. The Morgan fingerprint density at radius 2 is 1.94 bits per heavy atom. The van der Waals surface area contributed by atoms with Crippen LogP contribution in [0.5, 0.6) is 5.75 Å². The summed E-state index contributed by atoms with van der Waals surface area (Å²) in [6, 6.07) is 7.56. The highest BCUT2D eigenvalue weighted by molar-refractivity contribution is 6.30. The molecule has 2 aromatic carbocycles. The van der Waals surface area contributed by atoms with Gasteiger partial charge in [0, 0.05) is 5.02 Å². The molecule has 8 nitrogen and oxygen atoms in total. The molecule has 0 aliphatic carbocycles. The van der Waals surface area contributed by atoms with E-state index in [0.717, 1.165) is 18.2 Å². The number of carbonyl (C=O) groups excluding carboxylic acids is 2. The zero-order chi connectivity index (χ0) is 23.3. The van der Waals surface area contributed by atoms with Crippen LogP contribution in [-0.4, -0.2) is 39.9 Å². The van der Waals surface area contributed by atoms with E-state index in [0.29, 0.717) is 16.3 Å². The lowest BCUT2D eigenvalue weighted by Crippen LogP contribution is -2.24. The van der Waals surface area contributed by atoms with E-state index < -0.39 is 36.8 Å². The minimum absolute atomic E-state index is 0.150. The summed E-state index contributed by atoms with van der Waals surface area (Å²) in [6.07, 6.45) is -2.17. The molecule has 1 amide bonds. The van der Waals surface area contributed by atoms with E-state index in [2.05, 4.69) is 15.4 Å². The number of halogens is 4. The largest absolute Gasteiger partial charge is 0.482 e. The lowest BCUT2D eigenvalue weighted by atomic mass is 10.1. The first kappa shape index (κ1) is 23.1. The predicted octanol–water partition coefficient (Wildman–Crippen LogP) is 3.81. The van der Waals surface area contributed by atoms with Crippen LogP contribution in [0.1, 0.15) is 11.1 Å². The molecule has 0 bridgehead atoms. The number of ether oxygens (including phenoxy) is 2. The molecule has 1 N–H and O–H groups in total. The van der Waals surface area contributed by atoms with Crippen molar-refractivity contribution in [1.29, 1.82) is 0 Å². The first-order valence-corrected chi connectivity index (χ1v) is 9.42. The van der Waals surface area contributed by atoms with Crippen molar-refractivity contribution in [3.63, 3.8) is 0 Å². The summed E-state index contributed by atoms with van der Waals surface area (Å²) in [7, 11) is 0. The van der Waals surface area contributed by atoms with E-state index in [-0.39, 0.29) is 11.4 Å². The minimum atomic E-state index is -4.62. The molecule has 3 aromatic rings. The molecule has 0 fully saturated rings. The lowest BCUT2D eigenvalue weighted by Gasteiger charge is -2.14. The van der Waals surface area contributed by atoms with Crippen molar-refractivity contribution in [1.82, 2.24) is 14.8 Å². The number of rotatable bonds is 7. The average molecular weight is 469 g/mol. The first-order chi connectivity index (χ1) is 15.1. The van der Waals surface area contributed by atoms with Crippen molar-refractivity contribution < 1.29 is 32.2 Å². The number of anilines is 1. The molecule has 0 aliphatic rings. The van der Waals surface area contributed by atoms with Crippen LogP contribution in [0.4, 0.5) is 18.9 Å². The third-order valence-corrected chi connectivity index (χ3v) is 4.35. The Balaban J connectivity index is 1.62. The quantitative estimate of drug-likeness (QED) is 0.530. The Hall–Kier alpha value is -3.60. The van der Waals surface area contributed by atoms with Gasteiger partial charge in [-0.2, -0.15) is 18.3 Å². The van der Waals surface area contributed by atoms with Gasteiger partial charge in [-0.25, -0.2) is 14.5 Å². The summed E-state index contributed by atoms with van der Waals surface area (Å²) >= 11 is 5.85. The van der Waals surface area contributed by atoms with E-state index in [1.165, 1.54) is 17.3 Å². The van der Waals surface area contributed by atoms with Gasteiger partial charge in [-0.1, -0.05) is 11.6 Å². The molecule has 1 heterocycles. The van der Waals surface area contributed by atoms with Crippen LogP contribution in [0.25, 0.3) is 5.69 Å². The molecule has 0 spiro atoms. The van der Waals surface area contributed by atoms with Crippen LogP contribution in [-0.2, 0) is 20.5 Å². The van der Waals surface area contributed by atoms with Gasteiger partial charge in [-0.05, 0) is 48.9 Å². The van der Waals surface area contributed by atoms with Crippen LogP contribution < -0.4 is 10.1 Å². The number of hydrogen-bond acceptors (Lipinski definition) is 6. The second-order valence-corrected chi connectivity index (χ2v) is 6.91. The summed E-state index contributed by atoms with van der Waals surface area (Å²) in [4.78, 5) is 27.8. The standard InChI is InChI=1S/C20H16ClF3N4O4/c1-12-6-14(21)3-5-17(12)31-9-19(30)32-8-18(29)27-15-7-13(20(22,23)24)2-4-16(15)28-11-25-10-26-28/h2-7,10-11H,8-9H2,1H3,(H,27,29). The van der Waals surface area contributed by atoms with Crippen LogP contribution in [0.15, 0.2) is 49.1 Å². The predicted molar refractivity (Wildman–Crippen MR) is 108 cm³/mol. The monoisotopic (exact) mass is 468 g/mol. The fourth-order valence-corrected chi connectivity index (χ4v) is 2.86. The highest BCUT2D eigenvalue weighted by Gasteiger charge is 2.31. The number of benzene rings is 2. The Morgan fingerprint density at radius 3 is 2.59 bits per heavy atom. The molecule has 0 atom stereocenters. The number of nitrogens with one attached hydrogen (secondary N) is 1.